The summed E-state index contributed by atoms with van der Waals surface area (Å²) in [5.41, 5.74) is 1.79. The van der Waals surface area contributed by atoms with Crippen molar-refractivity contribution in [1.29, 1.82) is 0 Å². The molecular formula is C17H20O4S. The Labute approximate surface area is 131 Å². The highest BCUT2D eigenvalue weighted by atomic mass is 32.2. The van der Waals surface area contributed by atoms with Crippen LogP contribution in [-0.4, -0.2) is 14.7 Å². The standard InChI is InChI=1S/C17H20O4S/c1-13(2)15(4)6-5-7-16(12-18)21-22(19,20)17-10-8-14(3)9-11-17/h5-13H,4H2,1-3H3/b6-5+,16-7+. The minimum Gasteiger partial charge on any atom is -0.375 e. The predicted octanol–water partition coefficient (Wildman–Crippen LogP) is 3.55. The molecule has 5 heteroatoms. The van der Waals surface area contributed by atoms with E-state index in [1.165, 1.54) is 24.3 Å². The Morgan fingerprint density at radius 1 is 1.23 bits per heavy atom. The molecule has 0 amide bonds. The fraction of sp³-hybridized carbons (Fsp3) is 0.235. The Bertz CT molecular complexity index is 693. The number of allylic oxidation sites excluding steroid dienone is 5. The molecule has 1 aromatic carbocycles. The van der Waals surface area contributed by atoms with E-state index in [2.05, 4.69) is 6.58 Å². The van der Waals surface area contributed by atoms with Crippen LogP contribution >= 0.6 is 0 Å². The van der Waals surface area contributed by atoms with Crippen LogP contribution in [0.3, 0.4) is 0 Å². The minimum atomic E-state index is -4.01. The number of hydrogen-bond donors (Lipinski definition) is 0. The van der Waals surface area contributed by atoms with Crippen molar-refractivity contribution >= 4 is 16.4 Å². The van der Waals surface area contributed by atoms with Gasteiger partial charge in [-0.15, -0.1) is 0 Å². The maximum absolute atomic E-state index is 12.1. The van der Waals surface area contributed by atoms with Crippen LogP contribution in [0.1, 0.15) is 19.4 Å². The molecule has 0 saturated carbocycles. The van der Waals surface area contributed by atoms with E-state index in [4.69, 9.17) is 4.18 Å². The number of rotatable bonds is 7. The Balaban J connectivity index is 2.91. The van der Waals surface area contributed by atoms with Crippen molar-refractivity contribution < 1.29 is 17.4 Å². The first-order valence-electron chi connectivity index (χ1n) is 6.79. The normalized spacial score (nSPS) is 12.6. The van der Waals surface area contributed by atoms with Crippen molar-refractivity contribution in [3.63, 3.8) is 0 Å². The summed E-state index contributed by atoms with van der Waals surface area (Å²) in [6.45, 7) is 9.65. The molecule has 0 radical (unpaired) electrons. The van der Waals surface area contributed by atoms with Gasteiger partial charge in [-0.05, 0) is 31.1 Å². The van der Waals surface area contributed by atoms with Crippen molar-refractivity contribution in [3.05, 3.63) is 66.0 Å². The van der Waals surface area contributed by atoms with Gasteiger partial charge in [-0.3, -0.25) is 4.79 Å². The summed E-state index contributed by atoms with van der Waals surface area (Å²) in [5, 5.41) is 0. The van der Waals surface area contributed by atoms with E-state index in [0.29, 0.717) is 6.29 Å². The summed E-state index contributed by atoms with van der Waals surface area (Å²) in [6, 6.07) is 6.19. The molecule has 0 aliphatic rings. The van der Waals surface area contributed by atoms with Gasteiger partial charge in [0.25, 0.3) is 0 Å². The summed E-state index contributed by atoms with van der Waals surface area (Å²) in [7, 11) is -4.01. The lowest BCUT2D eigenvalue weighted by Gasteiger charge is -2.06. The highest BCUT2D eigenvalue weighted by Crippen LogP contribution is 2.16. The van der Waals surface area contributed by atoms with Gasteiger partial charge in [0, 0.05) is 0 Å². The van der Waals surface area contributed by atoms with E-state index in [-0.39, 0.29) is 16.6 Å². The topological polar surface area (TPSA) is 60.4 Å². The van der Waals surface area contributed by atoms with E-state index in [1.54, 1.807) is 18.2 Å². The third kappa shape index (κ3) is 5.33. The molecule has 22 heavy (non-hydrogen) atoms. The summed E-state index contributed by atoms with van der Waals surface area (Å²) < 4.78 is 28.9. The first-order valence-corrected chi connectivity index (χ1v) is 8.20. The van der Waals surface area contributed by atoms with Crippen LogP contribution < -0.4 is 0 Å². The molecule has 4 nitrogen and oxygen atoms in total. The van der Waals surface area contributed by atoms with E-state index in [1.807, 2.05) is 20.8 Å². The monoisotopic (exact) mass is 320 g/mol. The minimum absolute atomic E-state index is 0.00131. The molecule has 1 rings (SSSR count). The molecule has 0 aliphatic heterocycles. The molecule has 1 aromatic rings. The molecule has 0 saturated heterocycles. The molecule has 0 heterocycles. The first kappa shape index (κ1) is 17.9. The van der Waals surface area contributed by atoms with Gasteiger partial charge in [0.1, 0.15) is 4.90 Å². The number of aryl methyl sites for hydroxylation is 1. The zero-order valence-electron chi connectivity index (χ0n) is 12.9. The summed E-state index contributed by atoms with van der Waals surface area (Å²) in [4.78, 5) is 11.0. The van der Waals surface area contributed by atoms with Gasteiger partial charge in [0.15, 0.2) is 12.0 Å². The van der Waals surface area contributed by atoms with Crippen LogP contribution in [0, 0.1) is 12.8 Å². The summed E-state index contributed by atoms with van der Waals surface area (Å²) >= 11 is 0. The molecule has 0 aromatic heterocycles. The number of carbonyl (C=O) groups excluding carboxylic acids is 1. The highest BCUT2D eigenvalue weighted by Gasteiger charge is 2.17. The zero-order valence-corrected chi connectivity index (χ0v) is 13.8. The van der Waals surface area contributed by atoms with Crippen LogP contribution in [0.5, 0.6) is 0 Å². The molecule has 118 valence electrons. The van der Waals surface area contributed by atoms with Gasteiger partial charge in [0.2, 0.25) is 0 Å². The smallest absolute Gasteiger partial charge is 0.339 e. The number of benzene rings is 1. The molecule has 0 atom stereocenters. The maximum atomic E-state index is 12.1. The second-order valence-electron chi connectivity index (χ2n) is 5.13. The van der Waals surface area contributed by atoms with Gasteiger partial charge < -0.3 is 4.18 Å². The Morgan fingerprint density at radius 2 is 1.82 bits per heavy atom. The van der Waals surface area contributed by atoms with E-state index in [0.717, 1.165) is 11.1 Å². The van der Waals surface area contributed by atoms with Crippen molar-refractivity contribution in [2.45, 2.75) is 25.7 Å². The second kappa shape index (κ2) is 7.75. The average molecular weight is 320 g/mol. The fourth-order valence-corrected chi connectivity index (χ4v) is 2.34. The van der Waals surface area contributed by atoms with Gasteiger partial charge in [-0.2, -0.15) is 8.42 Å². The molecule has 0 spiro atoms. The van der Waals surface area contributed by atoms with Crippen LogP contribution in [0.25, 0.3) is 0 Å². The lowest BCUT2D eigenvalue weighted by atomic mass is 10.1. The van der Waals surface area contributed by atoms with Crippen LogP contribution in [-0.2, 0) is 19.1 Å². The molecule has 0 bridgehead atoms. The van der Waals surface area contributed by atoms with Crippen LogP contribution in [0.4, 0.5) is 0 Å². The molecule has 0 aliphatic carbocycles. The Kier molecular flexibility index (Phi) is 6.31. The van der Waals surface area contributed by atoms with Gasteiger partial charge in [0.05, 0.1) is 0 Å². The molecule has 0 fully saturated rings. The van der Waals surface area contributed by atoms with Crippen molar-refractivity contribution in [2.24, 2.45) is 5.92 Å². The molecular weight excluding hydrogens is 300 g/mol. The third-order valence-corrected chi connectivity index (χ3v) is 4.21. The zero-order chi connectivity index (χ0) is 16.8. The van der Waals surface area contributed by atoms with Crippen molar-refractivity contribution in [2.75, 3.05) is 0 Å². The Morgan fingerprint density at radius 3 is 2.32 bits per heavy atom. The number of carbonyl (C=O) groups is 1. The number of hydrogen-bond acceptors (Lipinski definition) is 4. The summed E-state index contributed by atoms with van der Waals surface area (Å²) in [6.07, 6.45) is 4.90. The van der Waals surface area contributed by atoms with Gasteiger partial charge in [-0.25, -0.2) is 0 Å². The van der Waals surface area contributed by atoms with Crippen LogP contribution in [0.2, 0.25) is 0 Å². The van der Waals surface area contributed by atoms with E-state index < -0.39 is 10.1 Å². The van der Waals surface area contributed by atoms with E-state index >= 15 is 0 Å². The lowest BCUT2D eigenvalue weighted by molar-refractivity contribution is -0.106. The quantitative estimate of drug-likeness (QED) is 0.253. The fourth-order valence-electron chi connectivity index (χ4n) is 1.43. The SMILES string of the molecule is C=C(/C=C/C=C(\C=O)OS(=O)(=O)c1ccc(C)cc1)C(C)C. The van der Waals surface area contributed by atoms with Crippen molar-refractivity contribution in [1.82, 2.24) is 0 Å². The largest absolute Gasteiger partial charge is 0.375 e. The predicted molar refractivity (Wildman–Crippen MR) is 86.7 cm³/mol. The van der Waals surface area contributed by atoms with Gasteiger partial charge >= 0.3 is 10.1 Å². The van der Waals surface area contributed by atoms with Gasteiger partial charge in [-0.1, -0.05) is 55.8 Å². The lowest BCUT2D eigenvalue weighted by Crippen LogP contribution is -2.07. The molecule has 0 unspecified atom stereocenters. The number of aldehydes is 1. The third-order valence-electron chi connectivity index (χ3n) is 2.94. The Hall–Kier alpha value is -2.14. The molecule has 0 N–H and O–H groups in total. The van der Waals surface area contributed by atoms with Crippen LogP contribution in [0.15, 0.2) is 65.3 Å². The van der Waals surface area contributed by atoms with E-state index in [9.17, 15) is 13.2 Å². The highest BCUT2D eigenvalue weighted by molar-refractivity contribution is 7.86. The van der Waals surface area contributed by atoms with Crippen molar-refractivity contribution in [3.8, 4) is 0 Å². The first-order chi connectivity index (χ1) is 10.3. The summed E-state index contributed by atoms with van der Waals surface area (Å²) in [5.74, 6) is -0.0186. The second-order valence-corrected chi connectivity index (χ2v) is 6.67. The average Bonchev–Trinajstić information content (AvgIpc) is 2.46. The maximum Gasteiger partial charge on any atom is 0.339 e.